The Balaban J connectivity index is 4.04. The summed E-state index contributed by atoms with van der Waals surface area (Å²) >= 11 is 0. The maximum Gasteiger partial charge on any atom is 0.222 e. The molecular weight excluding hydrogens is 150 g/mol. The van der Waals surface area contributed by atoms with E-state index in [2.05, 4.69) is 20.8 Å². The Morgan fingerprint density at radius 1 is 1.50 bits per heavy atom. The van der Waals surface area contributed by atoms with Gasteiger partial charge in [-0.05, 0) is 26.7 Å². The van der Waals surface area contributed by atoms with Crippen LogP contribution in [-0.2, 0) is 4.79 Å². The largest absolute Gasteiger partial charge is 0.340 e. The lowest BCUT2D eigenvalue weighted by molar-refractivity contribution is -0.132. The second-order valence-corrected chi connectivity index (χ2v) is 3.04. The summed E-state index contributed by atoms with van der Waals surface area (Å²) in [5, 5.41) is 0. The smallest absolute Gasteiger partial charge is 0.222 e. The van der Waals surface area contributed by atoms with Crippen LogP contribution in [-0.4, -0.2) is 23.4 Å². The normalized spacial score (nSPS) is 12.7. The summed E-state index contributed by atoms with van der Waals surface area (Å²) in [7, 11) is 0. The molecule has 1 unspecified atom stereocenters. The predicted molar refractivity (Wildman–Crippen MR) is 51.7 cm³/mol. The van der Waals surface area contributed by atoms with Crippen LogP contribution in [0.2, 0.25) is 0 Å². The fraction of sp³-hybridized carbons (Fsp3) is 0.800. The van der Waals surface area contributed by atoms with Gasteiger partial charge in [-0.1, -0.05) is 13.8 Å². The van der Waals surface area contributed by atoms with Crippen LogP contribution in [0.4, 0.5) is 0 Å². The lowest BCUT2D eigenvalue weighted by atomic mass is 10.2. The van der Waals surface area contributed by atoms with Crippen molar-refractivity contribution in [2.45, 2.75) is 46.1 Å². The predicted octanol–water partition coefficient (Wildman–Crippen LogP) is 2.25. The third-order valence-electron chi connectivity index (χ3n) is 2.17. The summed E-state index contributed by atoms with van der Waals surface area (Å²) in [5.41, 5.74) is 0. The first-order valence-corrected chi connectivity index (χ1v) is 4.76. The van der Waals surface area contributed by atoms with Crippen LogP contribution in [0.1, 0.15) is 40.0 Å². The van der Waals surface area contributed by atoms with E-state index in [0.29, 0.717) is 18.9 Å². The summed E-state index contributed by atoms with van der Waals surface area (Å²) in [6, 6.07) is 0.369. The first-order chi connectivity index (χ1) is 5.67. The molecule has 0 spiro atoms. The number of carbonyl (C=O) groups is 1. The van der Waals surface area contributed by atoms with Crippen LogP contribution in [0.25, 0.3) is 0 Å². The van der Waals surface area contributed by atoms with Crippen LogP contribution < -0.4 is 0 Å². The van der Waals surface area contributed by atoms with Gasteiger partial charge in [0.25, 0.3) is 0 Å². The molecule has 0 aliphatic carbocycles. The van der Waals surface area contributed by atoms with Gasteiger partial charge in [0.2, 0.25) is 5.91 Å². The Morgan fingerprint density at radius 3 is 2.42 bits per heavy atom. The third-order valence-corrected chi connectivity index (χ3v) is 2.17. The minimum absolute atomic E-state index is 0.238. The Morgan fingerprint density at radius 2 is 2.08 bits per heavy atom. The molecule has 0 aromatic heterocycles. The SMILES string of the molecule is [CH2]CCC(=O)N(CC)C(C)CC. The van der Waals surface area contributed by atoms with Gasteiger partial charge in [0, 0.05) is 19.0 Å². The summed E-state index contributed by atoms with van der Waals surface area (Å²) < 4.78 is 0. The Kier molecular flexibility index (Phi) is 5.77. The van der Waals surface area contributed by atoms with Crippen molar-refractivity contribution in [2.24, 2.45) is 0 Å². The summed E-state index contributed by atoms with van der Waals surface area (Å²) in [6.45, 7) is 10.7. The van der Waals surface area contributed by atoms with Crippen molar-refractivity contribution in [3.05, 3.63) is 6.92 Å². The lowest BCUT2D eigenvalue weighted by Crippen LogP contribution is -2.37. The van der Waals surface area contributed by atoms with Gasteiger partial charge in [0.05, 0.1) is 0 Å². The number of amides is 1. The zero-order valence-electron chi connectivity index (χ0n) is 8.47. The van der Waals surface area contributed by atoms with Crippen molar-refractivity contribution < 1.29 is 4.79 Å². The fourth-order valence-electron chi connectivity index (χ4n) is 1.25. The molecule has 2 nitrogen and oxygen atoms in total. The molecule has 0 heterocycles. The van der Waals surface area contributed by atoms with Crippen LogP contribution >= 0.6 is 0 Å². The van der Waals surface area contributed by atoms with E-state index < -0.39 is 0 Å². The molecule has 12 heavy (non-hydrogen) atoms. The highest BCUT2D eigenvalue weighted by molar-refractivity contribution is 5.76. The second-order valence-electron chi connectivity index (χ2n) is 3.04. The molecule has 71 valence electrons. The van der Waals surface area contributed by atoms with Crippen LogP contribution in [0.15, 0.2) is 0 Å². The summed E-state index contributed by atoms with van der Waals surface area (Å²) in [5.74, 6) is 0.238. The van der Waals surface area contributed by atoms with Crippen molar-refractivity contribution >= 4 is 5.91 Å². The molecule has 1 amide bonds. The standard InChI is InChI=1S/C10H20NO/c1-5-8-10(12)11(7-3)9(4)6-2/h9H,1,5-8H2,2-4H3. The van der Waals surface area contributed by atoms with Gasteiger partial charge >= 0.3 is 0 Å². The molecule has 1 atom stereocenters. The number of nitrogens with zero attached hydrogens (tertiary/aromatic N) is 1. The number of hydrogen-bond donors (Lipinski definition) is 0. The first kappa shape index (κ1) is 11.5. The maximum atomic E-state index is 11.5. The van der Waals surface area contributed by atoms with Crippen molar-refractivity contribution in [3.8, 4) is 0 Å². The highest BCUT2D eigenvalue weighted by Gasteiger charge is 2.15. The minimum Gasteiger partial charge on any atom is -0.340 e. The molecule has 1 radical (unpaired) electrons. The lowest BCUT2D eigenvalue weighted by Gasteiger charge is -2.27. The van der Waals surface area contributed by atoms with E-state index in [1.54, 1.807) is 0 Å². The number of rotatable bonds is 5. The Labute approximate surface area is 75.9 Å². The zero-order valence-corrected chi connectivity index (χ0v) is 8.47. The van der Waals surface area contributed by atoms with E-state index in [0.717, 1.165) is 13.0 Å². The van der Waals surface area contributed by atoms with Crippen LogP contribution in [0, 0.1) is 6.92 Å². The number of hydrogen-bond acceptors (Lipinski definition) is 1. The average molecular weight is 170 g/mol. The zero-order chi connectivity index (χ0) is 9.56. The molecule has 0 aromatic carbocycles. The quantitative estimate of drug-likeness (QED) is 0.619. The maximum absolute atomic E-state index is 11.5. The van der Waals surface area contributed by atoms with Gasteiger partial charge in [-0.25, -0.2) is 0 Å². The van der Waals surface area contributed by atoms with E-state index in [9.17, 15) is 4.79 Å². The molecular formula is C10H20NO. The van der Waals surface area contributed by atoms with E-state index in [1.165, 1.54) is 0 Å². The monoisotopic (exact) mass is 170 g/mol. The van der Waals surface area contributed by atoms with Gasteiger partial charge in [0.1, 0.15) is 0 Å². The topological polar surface area (TPSA) is 20.3 Å². The van der Waals surface area contributed by atoms with Crippen LogP contribution in [0.3, 0.4) is 0 Å². The highest BCUT2D eigenvalue weighted by atomic mass is 16.2. The van der Waals surface area contributed by atoms with Gasteiger partial charge in [-0.2, -0.15) is 0 Å². The van der Waals surface area contributed by atoms with Crippen molar-refractivity contribution in [1.82, 2.24) is 4.90 Å². The first-order valence-electron chi connectivity index (χ1n) is 4.76. The highest BCUT2D eigenvalue weighted by Crippen LogP contribution is 2.06. The molecule has 0 fully saturated rings. The van der Waals surface area contributed by atoms with Gasteiger partial charge in [-0.3, -0.25) is 4.79 Å². The molecule has 0 N–H and O–H groups in total. The van der Waals surface area contributed by atoms with E-state index in [4.69, 9.17) is 0 Å². The molecule has 0 saturated carbocycles. The number of carbonyl (C=O) groups excluding carboxylic acids is 1. The van der Waals surface area contributed by atoms with Gasteiger partial charge in [0.15, 0.2) is 0 Å². The second kappa shape index (κ2) is 6.04. The van der Waals surface area contributed by atoms with Gasteiger partial charge in [-0.15, -0.1) is 0 Å². The van der Waals surface area contributed by atoms with Crippen LogP contribution in [0.5, 0.6) is 0 Å². The van der Waals surface area contributed by atoms with E-state index >= 15 is 0 Å². The summed E-state index contributed by atoms with van der Waals surface area (Å²) in [6.07, 6.45) is 2.31. The van der Waals surface area contributed by atoms with Crippen molar-refractivity contribution in [1.29, 1.82) is 0 Å². The molecule has 0 aliphatic rings. The van der Waals surface area contributed by atoms with E-state index in [-0.39, 0.29) is 5.91 Å². The molecule has 0 saturated heterocycles. The molecule has 0 aliphatic heterocycles. The molecule has 0 bridgehead atoms. The average Bonchev–Trinajstić information content (AvgIpc) is 2.06. The molecule has 0 aromatic rings. The summed E-state index contributed by atoms with van der Waals surface area (Å²) in [4.78, 5) is 13.4. The van der Waals surface area contributed by atoms with Crippen molar-refractivity contribution in [3.63, 3.8) is 0 Å². The molecule has 2 heteroatoms. The molecule has 0 rings (SSSR count). The third kappa shape index (κ3) is 3.24. The van der Waals surface area contributed by atoms with Gasteiger partial charge < -0.3 is 4.90 Å². The Hall–Kier alpha value is -0.530. The van der Waals surface area contributed by atoms with Crippen molar-refractivity contribution in [2.75, 3.05) is 6.54 Å². The minimum atomic E-state index is 0.238. The fourth-order valence-corrected chi connectivity index (χ4v) is 1.25. The van der Waals surface area contributed by atoms with E-state index in [1.807, 2.05) is 11.8 Å². The Bertz CT molecular complexity index is 134.